The molecule has 1 heterocycles. The van der Waals surface area contributed by atoms with E-state index in [0.29, 0.717) is 0 Å². The van der Waals surface area contributed by atoms with Gasteiger partial charge in [0.05, 0.1) is 0 Å². The standard InChI is InChI=1S/C16H25ClN4O.2ClH/c1-18-16(22)19-7-2-8-20-9-11-21(12-10-20)13-14-3-5-15(17)6-4-14;;/h3-6H,2,7-13H2,1H3,(H2,18,19,22);2*1H. The van der Waals surface area contributed by atoms with Crippen LogP contribution in [-0.2, 0) is 6.54 Å². The molecule has 8 heteroatoms. The second kappa shape index (κ2) is 12.6. The van der Waals surface area contributed by atoms with Crippen LogP contribution in [0, 0.1) is 0 Å². The Kier molecular flexibility index (Phi) is 12.2. The first-order chi connectivity index (χ1) is 10.7. The van der Waals surface area contributed by atoms with E-state index in [1.54, 1.807) is 7.05 Å². The van der Waals surface area contributed by atoms with E-state index in [4.69, 9.17) is 11.6 Å². The fraction of sp³-hybridized carbons (Fsp3) is 0.562. The molecule has 1 saturated heterocycles. The maximum atomic E-state index is 11.0. The molecule has 24 heavy (non-hydrogen) atoms. The Bertz CT molecular complexity index is 465. The second-order valence-corrected chi connectivity index (χ2v) is 6.04. The van der Waals surface area contributed by atoms with E-state index in [-0.39, 0.29) is 30.8 Å². The molecule has 0 aliphatic carbocycles. The molecule has 138 valence electrons. The van der Waals surface area contributed by atoms with Crippen LogP contribution in [-0.4, -0.2) is 62.1 Å². The number of hydrogen-bond acceptors (Lipinski definition) is 3. The second-order valence-electron chi connectivity index (χ2n) is 5.60. The molecule has 1 fully saturated rings. The van der Waals surface area contributed by atoms with Gasteiger partial charge < -0.3 is 15.5 Å². The monoisotopic (exact) mass is 396 g/mol. The van der Waals surface area contributed by atoms with Gasteiger partial charge in [0.1, 0.15) is 0 Å². The summed E-state index contributed by atoms with van der Waals surface area (Å²) in [5.74, 6) is 0. The average Bonchev–Trinajstić information content (AvgIpc) is 2.55. The average molecular weight is 398 g/mol. The van der Waals surface area contributed by atoms with Gasteiger partial charge in [0, 0.05) is 51.3 Å². The van der Waals surface area contributed by atoms with Gasteiger partial charge in [-0.2, -0.15) is 0 Å². The van der Waals surface area contributed by atoms with Crippen molar-refractivity contribution in [1.29, 1.82) is 0 Å². The topological polar surface area (TPSA) is 47.6 Å². The third-order valence-corrected chi connectivity index (χ3v) is 4.20. The van der Waals surface area contributed by atoms with E-state index >= 15 is 0 Å². The number of urea groups is 1. The largest absolute Gasteiger partial charge is 0.341 e. The number of amides is 2. The molecule has 1 aliphatic rings. The van der Waals surface area contributed by atoms with Gasteiger partial charge >= 0.3 is 6.03 Å². The maximum absolute atomic E-state index is 11.0. The smallest absolute Gasteiger partial charge is 0.314 e. The predicted octanol–water partition coefficient (Wildman–Crippen LogP) is 2.62. The number of carbonyl (C=O) groups is 1. The fourth-order valence-corrected chi connectivity index (χ4v) is 2.74. The van der Waals surface area contributed by atoms with Crippen molar-refractivity contribution in [3.8, 4) is 0 Å². The van der Waals surface area contributed by atoms with Crippen molar-refractivity contribution < 1.29 is 4.79 Å². The molecule has 2 N–H and O–H groups in total. The number of halogens is 3. The third kappa shape index (κ3) is 8.40. The van der Waals surface area contributed by atoms with Crippen LogP contribution < -0.4 is 10.6 Å². The van der Waals surface area contributed by atoms with Crippen LogP contribution in [0.2, 0.25) is 5.02 Å². The Labute approximate surface area is 161 Å². The van der Waals surface area contributed by atoms with Crippen LogP contribution in [0.1, 0.15) is 12.0 Å². The summed E-state index contributed by atoms with van der Waals surface area (Å²) in [6.45, 7) is 7.12. The van der Waals surface area contributed by atoms with Gasteiger partial charge in [0.15, 0.2) is 0 Å². The highest BCUT2D eigenvalue weighted by Gasteiger charge is 2.16. The first-order valence-corrected chi connectivity index (χ1v) is 8.20. The number of benzene rings is 1. The summed E-state index contributed by atoms with van der Waals surface area (Å²) < 4.78 is 0. The molecule has 0 unspecified atom stereocenters. The summed E-state index contributed by atoms with van der Waals surface area (Å²) in [4.78, 5) is 16.0. The first kappa shape index (κ1) is 23.3. The molecule has 0 saturated carbocycles. The summed E-state index contributed by atoms with van der Waals surface area (Å²) in [5, 5.41) is 6.17. The summed E-state index contributed by atoms with van der Waals surface area (Å²) in [5.41, 5.74) is 1.31. The van der Waals surface area contributed by atoms with Crippen molar-refractivity contribution in [3.05, 3.63) is 34.9 Å². The molecule has 2 rings (SSSR count). The van der Waals surface area contributed by atoms with Gasteiger partial charge in [-0.05, 0) is 30.7 Å². The summed E-state index contributed by atoms with van der Waals surface area (Å²) in [6, 6.07) is 7.99. The Morgan fingerprint density at radius 1 is 1.08 bits per heavy atom. The van der Waals surface area contributed by atoms with Crippen LogP contribution in [0.5, 0.6) is 0 Å². The van der Waals surface area contributed by atoms with E-state index in [0.717, 1.165) is 57.3 Å². The zero-order valence-electron chi connectivity index (χ0n) is 14.0. The van der Waals surface area contributed by atoms with E-state index in [9.17, 15) is 4.79 Å². The van der Waals surface area contributed by atoms with E-state index in [2.05, 4.69) is 32.6 Å². The lowest BCUT2D eigenvalue weighted by Crippen LogP contribution is -2.46. The molecule has 0 radical (unpaired) electrons. The summed E-state index contributed by atoms with van der Waals surface area (Å²) in [7, 11) is 1.63. The minimum atomic E-state index is -0.104. The van der Waals surface area contributed by atoms with Gasteiger partial charge in [0.2, 0.25) is 0 Å². The lowest BCUT2D eigenvalue weighted by Gasteiger charge is -2.34. The Balaban J connectivity index is 0.00000264. The maximum Gasteiger partial charge on any atom is 0.314 e. The van der Waals surface area contributed by atoms with Gasteiger partial charge in [-0.15, -0.1) is 24.8 Å². The molecule has 1 aliphatic heterocycles. The van der Waals surface area contributed by atoms with Crippen LogP contribution >= 0.6 is 36.4 Å². The van der Waals surface area contributed by atoms with Gasteiger partial charge in [-0.25, -0.2) is 4.79 Å². The Morgan fingerprint density at radius 2 is 1.67 bits per heavy atom. The minimum Gasteiger partial charge on any atom is -0.341 e. The summed E-state index contributed by atoms with van der Waals surface area (Å²) >= 11 is 5.91. The molecule has 1 aromatic rings. The van der Waals surface area contributed by atoms with Crippen molar-refractivity contribution in [1.82, 2.24) is 20.4 Å². The third-order valence-electron chi connectivity index (χ3n) is 3.95. The number of rotatable bonds is 6. The molecule has 1 aromatic carbocycles. The van der Waals surface area contributed by atoms with Gasteiger partial charge in [-0.1, -0.05) is 23.7 Å². The van der Waals surface area contributed by atoms with Gasteiger partial charge in [0.25, 0.3) is 0 Å². The quantitative estimate of drug-likeness (QED) is 0.725. The number of piperazine rings is 1. The Morgan fingerprint density at radius 3 is 2.25 bits per heavy atom. The van der Waals surface area contributed by atoms with Crippen LogP contribution in [0.25, 0.3) is 0 Å². The zero-order valence-corrected chi connectivity index (χ0v) is 16.4. The molecule has 2 amide bonds. The Hall–Kier alpha value is -0.720. The lowest BCUT2D eigenvalue weighted by atomic mass is 10.2. The minimum absolute atomic E-state index is 0. The molecule has 5 nitrogen and oxygen atoms in total. The molecule has 0 bridgehead atoms. The SMILES string of the molecule is CNC(=O)NCCCN1CCN(Cc2ccc(Cl)cc2)CC1.Cl.Cl. The summed E-state index contributed by atoms with van der Waals surface area (Å²) in [6.07, 6.45) is 0.991. The van der Waals surface area contributed by atoms with Crippen LogP contribution in [0.3, 0.4) is 0 Å². The van der Waals surface area contributed by atoms with Crippen molar-refractivity contribution >= 4 is 42.4 Å². The lowest BCUT2D eigenvalue weighted by molar-refractivity contribution is 0.126. The van der Waals surface area contributed by atoms with Crippen molar-refractivity contribution in [2.75, 3.05) is 46.3 Å². The van der Waals surface area contributed by atoms with Crippen molar-refractivity contribution in [2.45, 2.75) is 13.0 Å². The first-order valence-electron chi connectivity index (χ1n) is 7.82. The number of hydrogen-bond donors (Lipinski definition) is 2. The van der Waals surface area contributed by atoms with Crippen molar-refractivity contribution in [3.63, 3.8) is 0 Å². The predicted molar refractivity (Wildman–Crippen MR) is 105 cm³/mol. The van der Waals surface area contributed by atoms with Crippen LogP contribution in [0.15, 0.2) is 24.3 Å². The molecule has 0 spiro atoms. The van der Waals surface area contributed by atoms with E-state index in [1.807, 2.05) is 12.1 Å². The number of carbonyl (C=O) groups excluding carboxylic acids is 1. The number of nitrogens with one attached hydrogen (secondary N) is 2. The molecule has 0 atom stereocenters. The zero-order chi connectivity index (χ0) is 15.8. The normalized spacial score (nSPS) is 15.1. The highest BCUT2D eigenvalue weighted by Crippen LogP contribution is 2.12. The van der Waals surface area contributed by atoms with E-state index in [1.165, 1.54) is 5.56 Å². The highest BCUT2D eigenvalue weighted by atomic mass is 35.5. The van der Waals surface area contributed by atoms with Gasteiger partial charge in [-0.3, -0.25) is 4.90 Å². The molecular weight excluding hydrogens is 371 g/mol. The molecule has 0 aromatic heterocycles. The van der Waals surface area contributed by atoms with Crippen molar-refractivity contribution in [2.24, 2.45) is 0 Å². The van der Waals surface area contributed by atoms with Crippen LogP contribution in [0.4, 0.5) is 4.79 Å². The molecular formula is C16H27Cl3N4O. The number of nitrogens with zero attached hydrogens (tertiary/aromatic N) is 2. The fourth-order valence-electron chi connectivity index (χ4n) is 2.61. The van der Waals surface area contributed by atoms with E-state index < -0.39 is 0 Å². The highest BCUT2D eigenvalue weighted by molar-refractivity contribution is 6.30.